The largest absolute Gasteiger partial charge is 0.491 e. The van der Waals surface area contributed by atoms with Gasteiger partial charge in [-0.25, -0.2) is 4.39 Å². The molecule has 1 amide bonds. The van der Waals surface area contributed by atoms with Gasteiger partial charge in [-0.15, -0.1) is 11.3 Å². The average Bonchev–Trinajstić information content (AvgIpc) is 3.27. The van der Waals surface area contributed by atoms with Crippen LogP contribution in [-0.4, -0.2) is 72.9 Å². The van der Waals surface area contributed by atoms with Crippen LogP contribution in [0.15, 0.2) is 35.7 Å². The maximum absolute atomic E-state index is 13.4. The Morgan fingerprint density at radius 3 is 2.74 bits per heavy atom. The summed E-state index contributed by atoms with van der Waals surface area (Å²) in [5.74, 6) is 0.701. The third-order valence-corrected chi connectivity index (χ3v) is 6.76. The fraction of sp³-hybridized carbons (Fsp3) is 0.577. The summed E-state index contributed by atoms with van der Waals surface area (Å²) in [6, 6.07) is 7.81. The summed E-state index contributed by atoms with van der Waals surface area (Å²) in [5, 5.41) is 12.5. The zero-order valence-corrected chi connectivity index (χ0v) is 21.2. The second-order valence-corrected chi connectivity index (χ2v) is 10.2. The second kappa shape index (κ2) is 13.2. The number of aliphatic hydroxyl groups excluding tert-OH is 1. The minimum Gasteiger partial charge on any atom is -0.491 e. The molecule has 2 heterocycles. The smallest absolute Gasteiger partial charge is 0.237 e. The molecule has 2 unspecified atom stereocenters. The van der Waals surface area contributed by atoms with Gasteiger partial charge in [0.2, 0.25) is 5.91 Å². The molecule has 0 fully saturated rings. The van der Waals surface area contributed by atoms with Crippen molar-refractivity contribution < 1.29 is 23.8 Å². The number of ether oxygens (including phenoxy) is 2. The lowest BCUT2D eigenvalue weighted by atomic mass is 10.0. The van der Waals surface area contributed by atoms with Crippen LogP contribution in [0.2, 0.25) is 0 Å². The van der Waals surface area contributed by atoms with Crippen LogP contribution in [0.4, 0.5) is 4.39 Å². The summed E-state index contributed by atoms with van der Waals surface area (Å²) in [7, 11) is 0. The van der Waals surface area contributed by atoms with Crippen molar-refractivity contribution in [3.8, 4) is 5.75 Å². The van der Waals surface area contributed by atoms with Gasteiger partial charge in [0.1, 0.15) is 18.2 Å². The van der Waals surface area contributed by atoms with Gasteiger partial charge >= 0.3 is 0 Å². The maximum Gasteiger partial charge on any atom is 0.237 e. The predicted molar refractivity (Wildman–Crippen MR) is 133 cm³/mol. The van der Waals surface area contributed by atoms with Crippen molar-refractivity contribution in [2.24, 2.45) is 5.92 Å². The van der Waals surface area contributed by atoms with Crippen LogP contribution in [0.25, 0.3) is 0 Å². The van der Waals surface area contributed by atoms with Gasteiger partial charge in [-0.3, -0.25) is 9.69 Å². The summed E-state index contributed by atoms with van der Waals surface area (Å²) in [6.45, 7) is 9.37. The van der Waals surface area contributed by atoms with Gasteiger partial charge in [0, 0.05) is 24.6 Å². The Morgan fingerprint density at radius 1 is 1.26 bits per heavy atom. The first-order valence-corrected chi connectivity index (χ1v) is 13.0. The molecule has 0 bridgehead atoms. The molecule has 1 aromatic heterocycles. The zero-order valence-electron chi connectivity index (χ0n) is 20.4. The van der Waals surface area contributed by atoms with E-state index in [9.17, 15) is 14.3 Å². The highest BCUT2D eigenvalue weighted by Crippen LogP contribution is 2.34. The first-order valence-electron chi connectivity index (χ1n) is 12.1. The molecule has 0 saturated heterocycles. The van der Waals surface area contributed by atoms with Crippen molar-refractivity contribution >= 4 is 17.2 Å². The van der Waals surface area contributed by atoms with E-state index < -0.39 is 6.10 Å². The van der Waals surface area contributed by atoms with Gasteiger partial charge in [0.05, 0.1) is 25.3 Å². The Morgan fingerprint density at radius 2 is 2.03 bits per heavy atom. The number of carbonyl (C=O) groups is 1. The quantitative estimate of drug-likeness (QED) is 0.455. The number of hydrogen-bond donors (Lipinski definition) is 1. The summed E-state index contributed by atoms with van der Waals surface area (Å²) >= 11 is 1.71. The van der Waals surface area contributed by atoms with E-state index in [1.807, 2.05) is 9.80 Å². The number of nitrogens with zero attached hydrogens (tertiary/aromatic N) is 2. The number of carbonyl (C=O) groups excluding carboxylic acids is 1. The highest BCUT2D eigenvalue weighted by atomic mass is 32.1. The average molecular weight is 493 g/mol. The second-order valence-electron chi connectivity index (χ2n) is 9.24. The third-order valence-electron chi connectivity index (χ3n) is 5.77. The molecular formula is C26H37FN2O4S. The molecule has 8 heteroatoms. The minimum absolute atomic E-state index is 0.0216. The maximum atomic E-state index is 13.4. The summed E-state index contributed by atoms with van der Waals surface area (Å²) in [5.41, 5.74) is 1.12. The van der Waals surface area contributed by atoms with Crippen LogP contribution < -0.4 is 4.74 Å². The van der Waals surface area contributed by atoms with Gasteiger partial charge in [0.15, 0.2) is 0 Å². The lowest BCUT2D eigenvalue weighted by Crippen LogP contribution is -2.48. The molecule has 6 nitrogen and oxygen atoms in total. The van der Waals surface area contributed by atoms with Crippen LogP contribution in [0.5, 0.6) is 5.75 Å². The van der Waals surface area contributed by atoms with Crippen molar-refractivity contribution in [2.75, 3.05) is 46.0 Å². The Kier molecular flexibility index (Phi) is 10.3. The molecule has 2 aromatic rings. The zero-order chi connectivity index (χ0) is 24.5. The molecule has 2 atom stereocenters. The number of rotatable bonds is 13. The van der Waals surface area contributed by atoms with Crippen molar-refractivity contribution in [3.05, 3.63) is 52.0 Å². The third kappa shape index (κ3) is 7.77. The monoisotopic (exact) mass is 492 g/mol. The lowest BCUT2D eigenvalue weighted by Gasteiger charge is -2.37. The molecular weight excluding hydrogens is 455 g/mol. The fourth-order valence-electron chi connectivity index (χ4n) is 4.20. The number of benzene rings is 1. The molecule has 1 aliphatic heterocycles. The molecule has 3 rings (SSSR count). The van der Waals surface area contributed by atoms with Crippen molar-refractivity contribution in [2.45, 2.75) is 45.8 Å². The highest BCUT2D eigenvalue weighted by Gasteiger charge is 2.33. The number of fused-ring (bicyclic) bond motifs is 1. The molecule has 0 aliphatic carbocycles. The van der Waals surface area contributed by atoms with Crippen molar-refractivity contribution in [3.63, 3.8) is 0 Å². The normalized spacial score (nSPS) is 16.7. The number of thiophene rings is 1. The first kappa shape index (κ1) is 26.6. The Labute approximate surface area is 206 Å². The Balaban J connectivity index is 1.64. The van der Waals surface area contributed by atoms with Gasteiger partial charge in [0.25, 0.3) is 0 Å². The van der Waals surface area contributed by atoms with Gasteiger partial charge in [-0.05, 0) is 66.6 Å². The SMILES string of the molecule is CCCN(CC(=O)N1CCc2sccc2C1COc1ccc(F)cc1)CC(O)COCC(C)C. The highest BCUT2D eigenvalue weighted by molar-refractivity contribution is 7.10. The molecule has 0 spiro atoms. The van der Waals surface area contributed by atoms with Crippen LogP contribution in [0.1, 0.15) is 43.7 Å². The van der Waals surface area contributed by atoms with Crippen LogP contribution in [0, 0.1) is 11.7 Å². The molecule has 0 radical (unpaired) electrons. The molecule has 34 heavy (non-hydrogen) atoms. The topological polar surface area (TPSA) is 62.2 Å². The molecule has 1 aromatic carbocycles. The van der Waals surface area contributed by atoms with E-state index in [-0.39, 0.29) is 30.9 Å². The number of amides is 1. The van der Waals surface area contributed by atoms with E-state index in [0.29, 0.717) is 38.0 Å². The van der Waals surface area contributed by atoms with Crippen molar-refractivity contribution in [1.82, 2.24) is 9.80 Å². The fourth-order valence-corrected chi connectivity index (χ4v) is 5.13. The summed E-state index contributed by atoms with van der Waals surface area (Å²) < 4.78 is 24.8. The van der Waals surface area contributed by atoms with E-state index in [0.717, 1.165) is 24.9 Å². The van der Waals surface area contributed by atoms with E-state index in [1.54, 1.807) is 23.5 Å². The van der Waals surface area contributed by atoms with Crippen LogP contribution in [-0.2, 0) is 16.0 Å². The predicted octanol–water partition coefficient (Wildman–Crippen LogP) is 4.14. The summed E-state index contributed by atoms with van der Waals surface area (Å²) in [6.07, 6.45) is 1.07. The van der Waals surface area contributed by atoms with Gasteiger partial charge in [-0.2, -0.15) is 0 Å². The lowest BCUT2D eigenvalue weighted by molar-refractivity contribution is -0.136. The first-order chi connectivity index (χ1) is 16.4. The van der Waals surface area contributed by atoms with E-state index in [1.165, 1.54) is 17.0 Å². The molecule has 1 aliphatic rings. The van der Waals surface area contributed by atoms with E-state index in [2.05, 4.69) is 32.2 Å². The number of halogens is 1. The van der Waals surface area contributed by atoms with Crippen molar-refractivity contribution in [1.29, 1.82) is 0 Å². The number of aliphatic hydroxyl groups is 1. The molecule has 0 saturated carbocycles. The van der Waals surface area contributed by atoms with Crippen LogP contribution >= 0.6 is 11.3 Å². The van der Waals surface area contributed by atoms with E-state index >= 15 is 0 Å². The van der Waals surface area contributed by atoms with Crippen LogP contribution in [0.3, 0.4) is 0 Å². The summed E-state index contributed by atoms with van der Waals surface area (Å²) in [4.78, 5) is 18.6. The number of hydrogen-bond acceptors (Lipinski definition) is 6. The Bertz CT molecular complexity index is 889. The Hall–Kier alpha value is -2.00. The van der Waals surface area contributed by atoms with Gasteiger partial charge < -0.3 is 19.5 Å². The molecule has 188 valence electrons. The van der Waals surface area contributed by atoms with E-state index in [4.69, 9.17) is 9.47 Å². The van der Waals surface area contributed by atoms with Gasteiger partial charge in [-0.1, -0.05) is 20.8 Å². The standard InChI is InChI=1S/C26H37FN2O4S/c1-4-11-28(14-21(30)17-32-16-19(2)3)15-26(31)29-12-9-25-23(10-13-34-25)24(29)18-33-22-7-5-20(27)6-8-22/h5-8,10,13,19,21,24,30H,4,9,11-12,14-18H2,1-3H3. The molecule has 1 N–H and O–H groups in total. The minimum atomic E-state index is -0.638.